The van der Waals surface area contributed by atoms with E-state index in [9.17, 15) is 9.90 Å². The van der Waals surface area contributed by atoms with Crippen LogP contribution in [0.15, 0.2) is 51.7 Å². The quantitative estimate of drug-likeness (QED) is 0.752. The first-order valence-corrected chi connectivity index (χ1v) is 6.63. The van der Waals surface area contributed by atoms with Crippen LogP contribution in [0.3, 0.4) is 0 Å². The van der Waals surface area contributed by atoms with E-state index in [1.807, 2.05) is 6.07 Å². The van der Waals surface area contributed by atoms with Crippen LogP contribution < -0.4 is 15.1 Å². The van der Waals surface area contributed by atoms with Gasteiger partial charge in [-0.3, -0.25) is 0 Å². The summed E-state index contributed by atoms with van der Waals surface area (Å²) >= 11 is 0. The molecule has 5 nitrogen and oxygen atoms in total. The maximum Gasteiger partial charge on any atom is 0.348 e. The summed E-state index contributed by atoms with van der Waals surface area (Å²) in [4.78, 5) is 12.3. The molecular weight excluding hydrogens is 284 g/mol. The van der Waals surface area contributed by atoms with Crippen molar-refractivity contribution in [2.24, 2.45) is 0 Å². The fraction of sp³-hybridized carbons (Fsp3) is 0.118. The van der Waals surface area contributed by atoms with E-state index in [4.69, 9.17) is 13.9 Å². The zero-order valence-corrected chi connectivity index (χ0v) is 12.1. The van der Waals surface area contributed by atoms with E-state index in [1.165, 1.54) is 14.2 Å². The molecule has 0 aliphatic rings. The minimum atomic E-state index is -0.636. The van der Waals surface area contributed by atoms with Gasteiger partial charge in [0.15, 0.2) is 11.3 Å². The Labute approximate surface area is 126 Å². The van der Waals surface area contributed by atoms with Crippen molar-refractivity contribution in [1.82, 2.24) is 0 Å². The summed E-state index contributed by atoms with van der Waals surface area (Å²) in [6.45, 7) is 0. The number of benzene rings is 2. The topological polar surface area (TPSA) is 68.9 Å². The average molecular weight is 298 g/mol. The Kier molecular flexibility index (Phi) is 3.47. The van der Waals surface area contributed by atoms with Gasteiger partial charge in [0.05, 0.1) is 19.6 Å². The molecule has 0 saturated carbocycles. The minimum absolute atomic E-state index is 0.125. The summed E-state index contributed by atoms with van der Waals surface area (Å²) in [6.07, 6.45) is 0. The molecule has 0 unspecified atom stereocenters. The van der Waals surface area contributed by atoms with Gasteiger partial charge in [-0.2, -0.15) is 0 Å². The lowest BCUT2D eigenvalue weighted by Crippen LogP contribution is -2.04. The second-order valence-corrected chi connectivity index (χ2v) is 4.66. The van der Waals surface area contributed by atoms with Crippen LogP contribution in [-0.2, 0) is 0 Å². The molecule has 3 rings (SSSR count). The lowest BCUT2D eigenvalue weighted by atomic mass is 10.0. The second kappa shape index (κ2) is 5.44. The van der Waals surface area contributed by atoms with Crippen LogP contribution in [0.2, 0.25) is 0 Å². The van der Waals surface area contributed by atoms with Gasteiger partial charge in [0.25, 0.3) is 0 Å². The van der Waals surface area contributed by atoms with Crippen molar-refractivity contribution in [3.05, 3.63) is 52.9 Å². The molecule has 0 saturated heterocycles. The lowest BCUT2D eigenvalue weighted by Gasteiger charge is -2.11. The first-order valence-electron chi connectivity index (χ1n) is 6.63. The molecule has 112 valence electrons. The highest BCUT2D eigenvalue weighted by molar-refractivity contribution is 5.94. The van der Waals surface area contributed by atoms with E-state index in [2.05, 4.69) is 0 Å². The number of aromatic hydroxyl groups is 1. The van der Waals surface area contributed by atoms with Crippen LogP contribution in [0, 0.1) is 0 Å². The van der Waals surface area contributed by atoms with Gasteiger partial charge in [0, 0.05) is 0 Å². The third-order valence-electron chi connectivity index (χ3n) is 3.45. The molecule has 0 bridgehead atoms. The van der Waals surface area contributed by atoms with E-state index in [0.29, 0.717) is 16.7 Å². The predicted octanol–water partition coefficient (Wildman–Crippen LogP) is 3.18. The molecule has 0 amide bonds. The molecule has 5 heteroatoms. The molecule has 0 fully saturated rings. The highest BCUT2D eigenvalue weighted by Gasteiger charge is 2.20. The molecule has 3 aromatic rings. The van der Waals surface area contributed by atoms with Crippen molar-refractivity contribution in [1.29, 1.82) is 0 Å². The predicted molar refractivity (Wildman–Crippen MR) is 82.7 cm³/mol. The largest absolute Gasteiger partial charge is 0.506 e. The van der Waals surface area contributed by atoms with Crippen LogP contribution in [0.25, 0.3) is 22.1 Å². The number of methoxy groups -OCH3 is 2. The molecule has 0 radical (unpaired) electrons. The highest BCUT2D eigenvalue weighted by atomic mass is 16.5. The maximum absolute atomic E-state index is 12.3. The van der Waals surface area contributed by atoms with Crippen molar-refractivity contribution < 1.29 is 19.0 Å². The Morgan fingerprint density at radius 1 is 1.00 bits per heavy atom. The third-order valence-corrected chi connectivity index (χ3v) is 3.45. The number of rotatable bonds is 3. The lowest BCUT2D eigenvalue weighted by molar-refractivity contribution is 0.351. The van der Waals surface area contributed by atoms with Gasteiger partial charge in [-0.25, -0.2) is 4.79 Å². The Morgan fingerprint density at radius 2 is 1.73 bits per heavy atom. The molecule has 22 heavy (non-hydrogen) atoms. The first kappa shape index (κ1) is 14.0. The molecule has 1 aromatic heterocycles. The van der Waals surface area contributed by atoms with Gasteiger partial charge in [-0.05, 0) is 17.7 Å². The van der Waals surface area contributed by atoms with Crippen molar-refractivity contribution in [3.63, 3.8) is 0 Å². The van der Waals surface area contributed by atoms with Crippen molar-refractivity contribution in [2.75, 3.05) is 14.2 Å². The van der Waals surface area contributed by atoms with Crippen LogP contribution in [0.1, 0.15) is 0 Å². The summed E-state index contributed by atoms with van der Waals surface area (Å²) in [6, 6.07) is 12.1. The molecule has 0 spiro atoms. The van der Waals surface area contributed by atoms with Gasteiger partial charge >= 0.3 is 5.63 Å². The zero-order valence-electron chi connectivity index (χ0n) is 12.1. The number of hydrogen-bond donors (Lipinski definition) is 1. The zero-order chi connectivity index (χ0) is 15.7. The Morgan fingerprint density at radius 3 is 2.36 bits per heavy atom. The average Bonchev–Trinajstić information content (AvgIpc) is 2.54. The molecule has 2 aromatic carbocycles. The van der Waals surface area contributed by atoms with E-state index >= 15 is 0 Å². The van der Waals surface area contributed by atoms with Crippen LogP contribution in [0.5, 0.6) is 17.2 Å². The molecule has 0 aliphatic heterocycles. The van der Waals surface area contributed by atoms with Crippen molar-refractivity contribution in [3.8, 4) is 28.4 Å². The van der Waals surface area contributed by atoms with Crippen molar-refractivity contribution >= 4 is 11.0 Å². The van der Waals surface area contributed by atoms with Gasteiger partial charge in [0.2, 0.25) is 5.75 Å². The first-order chi connectivity index (χ1) is 10.7. The summed E-state index contributed by atoms with van der Waals surface area (Å²) in [7, 11) is 2.93. The fourth-order valence-corrected chi connectivity index (χ4v) is 2.42. The second-order valence-electron chi connectivity index (χ2n) is 4.66. The SMILES string of the molecule is COc1ccc2c(O)c(-c3ccccc3)c(=O)oc2c1OC. The van der Waals surface area contributed by atoms with E-state index in [-0.39, 0.29) is 22.6 Å². The summed E-state index contributed by atoms with van der Waals surface area (Å²) in [5.41, 5.74) is 0.234. The highest BCUT2D eigenvalue weighted by Crippen LogP contribution is 2.40. The van der Waals surface area contributed by atoms with Gasteiger partial charge in [0.1, 0.15) is 11.3 Å². The Balaban J connectivity index is 2.39. The normalized spacial score (nSPS) is 10.6. The number of fused-ring (bicyclic) bond motifs is 1. The minimum Gasteiger partial charge on any atom is -0.506 e. The Bertz CT molecular complexity index is 881. The smallest absolute Gasteiger partial charge is 0.348 e. The summed E-state index contributed by atoms with van der Waals surface area (Å²) in [5, 5.41) is 10.9. The maximum atomic E-state index is 12.3. The van der Waals surface area contributed by atoms with E-state index in [0.717, 1.165) is 0 Å². The molecular formula is C17H14O5. The standard InChI is InChI=1S/C17H14O5/c1-20-12-9-8-11-14(18)13(10-6-4-3-5-7-10)17(19)22-15(11)16(12)21-2/h3-9,18H,1-2H3. The van der Waals surface area contributed by atoms with Crippen molar-refractivity contribution in [2.45, 2.75) is 0 Å². The summed E-state index contributed by atoms with van der Waals surface area (Å²) in [5.74, 6) is 0.551. The van der Waals surface area contributed by atoms with Crippen LogP contribution in [0.4, 0.5) is 0 Å². The monoisotopic (exact) mass is 298 g/mol. The van der Waals surface area contributed by atoms with Crippen LogP contribution >= 0.6 is 0 Å². The van der Waals surface area contributed by atoms with Gasteiger partial charge < -0.3 is 19.0 Å². The van der Waals surface area contributed by atoms with Gasteiger partial charge in [-0.1, -0.05) is 30.3 Å². The molecule has 0 aliphatic carbocycles. The fourth-order valence-electron chi connectivity index (χ4n) is 2.42. The Hall–Kier alpha value is -2.95. The van der Waals surface area contributed by atoms with Gasteiger partial charge in [-0.15, -0.1) is 0 Å². The van der Waals surface area contributed by atoms with Crippen LogP contribution in [-0.4, -0.2) is 19.3 Å². The molecule has 1 heterocycles. The van der Waals surface area contributed by atoms with E-state index in [1.54, 1.807) is 36.4 Å². The molecule has 1 N–H and O–H groups in total. The van der Waals surface area contributed by atoms with E-state index < -0.39 is 5.63 Å². The summed E-state index contributed by atoms with van der Waals surface area (Å²) < 4.78 is 15.8. The number of ether oxygens (including phenoxy) is 2. The number of hydrogen-bond acceptors (Lipinski definition) is 5. The third kappa shape index (κ3) is 2.07. The molecule has 0 atom stereocenters.